The predicted molar refractivity (Wildman–Crippen MR) is 139 cm³/mol. The first-order chi connectivity index (χ1) is 16.6. The lowest BCUT2D eigenvalue weighted by atomic mass is 9.95. The van der Waals surface area contributed by atoms with Crippen LogP contribution < -0.4 is 10.9 Å². The van der Waals surface area contributed by atoms with E-state index in [4.69, 9.17) is 11.6 Å². The summed E-state index contributed by atoms with van der Waals surface area (Å²) in [5.74, 6) is 0.840. The summed E-state index contributed by atoms with van der Waals surface area (Å²) in [7, 11) is 0. The van der Waals surface area contributed by atoms with Crippen molar-refractivity contribution >= 4 is 45.7 Å². The maximum absolute atomic E-state index is 13.4. The number of aromatic nitrogens is 1. The molecule has 4 aromatic rings. The molecule has 2 heterocycles. The lowest BCUT2D eigenvalue weighted by Crippen LogP contribution is -2.33. The van der Waals surface area contributed by atoms with Crippen molar-refractivity contribution in [2.24, 2.45) is 0 Å². The van der Waals surface area contributed by atoms with E-state index in [9.17, 15) is 9.59 Å². The van der Waals surface area contributed by atoms with Crippen molar-refractivity contribution in [3.8, 4) is 0 Å². The largest absolute Gasteiger partial charge is 0.324 e. The molecule has 3 aromatic carbocycles. The lowest BCUT2D eigenvalue weighted by molar-refractivity contribution is -0.118. The third kappa shape index (κ3) is 3.93. The van der Waals surface area contributed by atoms with Crippen LogP contribution in [0.3, 0.4) is 0 Å². The second-order valence-electron chi connectivity index (χ2n) is 9.01. The highest BCUT2D eigenvalue weighted by Gasteiger charge is 2.37. The van der Waals surface area contributed by atoms with Gasteiger partial charge >= 0.3 is 0 Å². The first-order valence-corrected chi connectivity index (χ1v) is 12.9. The Balaban J connectivity index is 1.38. The normalized spacial score (nSPS) is 17.0. The van der Waals surface area contributed by atoms with Gasteiger partial charge in [-0.05, 0) is 70.8 Å². The van der Waals surface area contributed by atoms with E-state index < -0.39 is 6.04 Å². The molecule has 2 aliphatic rings. The number of fused-ring (bicyclic) bond motifs is 2. The zero-order valence-corrected chi connectivity index (χ0v) is 20.0. The molecule has 4 nitrogen and oxygen atoms in total. The average molecular weight is 487 g/mol. The number of rotatable bonds is 5. The minimum Gasteiger partial charge on any atom is -0.324 e. The number of halogens is 1. The van der Waals surface area contributed by atoms with Gasteiger partial charge in [-0.3, -0.25) is 14.2 Å². The molecular weight excluding hydrogens is 464 g/mol. The highest BCUT2D eigenvalue weighted by Crippen LogP contribution is 2.48. The Morgan fingerprint density at radius 3 is 2.62 bits per heavy atom. The molecule has 6 rings (SSSR count). The number of nitrogens with zero attached hydrogens (tertiary/aromatic N) is 1. The molecule has 0 bridgehead atoms. The summed E-state index contributed by atoms with van der Waals surface area (Å²) in [5, 5.41) is 6.89. The van der Waals surface area contributed by atoms with Crippen molar-refractivity contribution in [3.05, 3.63) is 105 Å². The van der Waals surface area contributed by atoms with Crippen LogP contribution in [-0.4, -0.2) is 16.2 Å². The number of hydrogen-bond acceptors (Lipinski definition) is 3. The van der Waals surface area contributed by atoms with E-state index in [0.29, 0.717) is 22.4 Å². The van der Waals surface area contributed by atoms with Crippen LogP contribution in [0, 0.1) is 0 Å². The number of carbonyl (C=O) groups is 1. The Morgan fingerprint density at radius 1 is 1.00 bits per heavy atom. The van der Waals surface area contributed by atoms with Gasteiger partial charge in [0.2, 0.25) is 5.91 Å². The number of pyridine rings is 1. The molecule has 1 aliphatic heterocycles. The lowest BCUT2D eigenvalue weighted by Gasteiger charge is -2.18. The van der Waals surface area contributed by atoms with Gasteiger partial charge in [-0.25, -0.2) is 0 Å². The molecule has 1 aromatic heterocycles. The van der Waals surface area contributed by atoms with Gasteiger partial charge in [-0.2, -0.15) is 0 Å². The standard InChI is InChI=1S/C28H23ClN2O2S/c29-21-8-4-9-22(15-21)30-27(33)24-16-34-28-26(18-11-12-18)20(14-25(32)31(24)28)13-19-7-3-6-17-5-1-2-10-23(17)19/h1-10,14-15,18,24H,11-13,16H2,(H,30,33). The van der Waals surface area contributed by atoms with Crippen molar-refractivity contribution in [2.75, 3.05) is 11.1 Å². The van der Waals surface area contributed by atoms with Gasteiger partial charge in [0, 0.05) is 22.5 Å². The Hall–Kier alpha value is -3.02. The summed E-state index contributed by atoms with van der Waals surface area (Å²) in [5.41, 5.74) is 4.11. The fourth-order valence-electron chi connectivity index (χ4n) is 4.93. The smallest absolute Gasteiger partial charge is 0.252 e. The molecule has 1 saturated carbocycles. The molecule has 1 amide bonds. The van der Waals surface area contributed by atoms with Crippen LogP contribution in [0.4, 0.5) is 5.69 Å². The number of hydrogen-bond donors (Lipinski definition) is 1. The summed E-state index contributed by atoms with van der Waals surface area (Å²) in [6.07, 6.45) is 2.98. The topological polar surface area (TPSA) is 51.1 Å². The van der Waals surface area contributed by atoms with Crippen LogP contribution in [0.15, 0.2) is 82.6 Å². The number of nitrogens with one attached hydrogen (secondary N) is 1. The maximum Gasteiger partial charge on any atom is 0.252 e. The molecular formula is C28H23ClN2O2S. The summed E-state index contributed by atoms with van der Waals surface area (Å²) >= 11 is 7.70. The van der Waals surface area contributed by atoms with Crippen LogP contribution in [0.1, 0.15) is 41.5 Å². The fourth-order valence-corrected chi connectivity index (χ4v) is 6.55. The second-order valence-corrected chi connectivity index (χ2v) is 10.5. The van der Waals surface area contributed by atoms with Crippen LogP contribution in [0.2, 0.25) is 5.02 Å². The number of anilines is 1. The molecule has 0 radical (unpaired) electrons. The zero-order valence-electron chi connectivity index (χ0n) is 18.5. The first-order valence-electron chi connectivity index (χ1n) is 11.5. The van der Waals surface area contributed by atoms with E-state index in [-0.39, 0.29) is 11.5 Å². The van der Waals surface area contributed by atoms with Crippen LogP contribution in [0.25, 0.3) is 10.8 Å². The molecule has 1 fully saturated rings. The quantitative estimate of drug-likeness (QED) is 0.354. The third-order valence-electron chi connectivity index (χ3n) is 6.66. The predicted octanol–water partition coefficient (Wildman–Crippen LogP) is 6.41. The fraction of sp³-hybridized carbons (Fsp3) is 0.214. The third-order valence-corrected chi connectivity index (χ3v) is 8.07. The van der Waals surface area contributed by atoms with Crippen LogP contribution in [0.5, 0.6) is 0 Å². The van der Waals surface area contributed by atoms with Crippen molar-refractivity contribution in [1.29, 1.82) is 0 Å². The summed E-state index contributed by atoms with van der Waals surface area (Å²) in [6.45, 7) is 0. The molecule has 1 atom stereocenters. The first kappa shape index (κ1) is 21.5. The summed E-state index contributed by atoms with van der Waals surface area (Å²) < 4.78 is 1.71. The zero-order chi connectivity index (χ0) is 23.2. The van der Waals surface area contributed by atoms with Crippen molar-refractivity contribution in [3.63, 3.8) is 0 Å². The van der Waals surface area contributed by atoms with Crippen molar-refractivity contribution in [1.82, 2.24) is 4.57 Å². The van der Waals surface area contributed by atoms with Crippen LogP contribution in [-0.2, 0) is 11.2 Å². The SMILES string of the molecule is O=C(Nc1cccc(Cl)c1)C1CSc2c(C3CC3)c(Cc3cccc4ccccc34)cc(=O)n21. The van der Waals surface area contributed by atoms with Crippen LogP contribution >= 0.6 is 23.4 Å². The number of thioether (sulfide) groups is 1. The molecule has 1 N–H and O–H groups in total. The molecule has 1 aliphatic carbocycles. The maximum atomic E-state index is 13.4. The molecule has 6 heteroatoms. The molecule has 0 saturated heterocycles. The molecule has 170 valence electrons. The highest BCUT2D eigenvalue weighted by atomic mass is 35.5. The number of benzene rings is 3. The minimum absolute atomic E-state index is 0.106. The van der Waals surface area contributed by atoms with Gasteiger partial charge in [0.05, 0.1) is 5.03 Å². The summed E-state index contributed by atoms with van der Waals surface area (Å²) in [4.78, 5) is 26.5. The highest BCUT2D eigenvalue weighted by molar-refractivity contribution is 7.99. The van der Waals surface area contributed by atoms with Gasteiger partial charge in [0.25, 0.3) is 5.56 Å². The van der Waals surface area contributed by atoms with Gasteiger partial charge in [0.1, 0.15) is 6.04 Å². The van der Waals surface area contributed by atoms with Gasteiger partial charge in [-0.1, -0.05) is 60.1 Å². The van der Waals surface area contributed by atoms with Gasteiger partial charge < -0.3 is 5.32 Å². The monoisotopic (exact) mass is 486 g/mol. The Morgan fingerprint density at radius 2 is 1.79 bits per heavy atom. The Labute approximate surface area is 206 Å². The van der Waals surface area contributed by atoms with Gasteiger partial charge in [-0.15, -0.1) is 11.8 Å². The van der Waals surface area contributed by atoms with Crippen molar-refractivity contribution < 1.29 is 4.79 Å². The van der Waals surface area contributed by atoms with Gasteiger partial charge in [0.15, 0.2) is 0 Å². The van der Waals surface area contributed by atoms with E-state index in [1.807, 2.05) is 0 Å². The average Bonchev–Trinajstić information content (AvgIpc) is 3.56. The second kappa shape index (κ2) is 8.64. The minimum atomic E-state index is -0.532. The Bertz CT molecular complexity index is 1490. The Kier molecular flexibility index (Phi) is 5.47. The molecule has 34 heavy (non-hydrogen) atoms. The number of amides is 1. The van der Waals surface area contributed by atoms with E-state index >= 15 is 0 Å². The van der Waals surface area contributed by atoms with E-state index in [1.54, 1.807) is 46.7 Å². The molecule has 1 unspecified atom stereocenters. The number of carbonyl (C=O) groups excluding carboxylic acids is 1. The molecule has 0 spiro atoms. The van der Waals surface area contributed by atoms with E-state index in [2.05, 4.69) is 47.8 Å². The summed E-state index contributed by atoms with van der Waals surface area (Å²) in [6, 6.07) is 23.1. The van der Waals surface area contributed by atoms with Crippen molar-refractivity contribution in [2.45, 2.75) is 36.2 Å². The van der Waals surface area contributed by atoms with E-state index in [0.717, 1.165) is 29.9 Å². The van der Waals surface area contributed by atoms with E-state index in [1.165, 1.54) is 21.9 Å².